The molecule has 0 aliphatic rings. The van der Waals surface area contributed by atoms with Crippen molar-refractivity contribution in [2.45, 2.75) is 0 Å². The highest BCUT2D eigenvalue weighted by Gasteiger charge is 2.07. The first-order chi connectivity index (χ1) is 5.75. The Morgan fingerprint density at radius 1 is 1.75 bits per heavy atom. The van der Waals surface area contributed by atoms with Crippen LogP contribution in [0.1, 0.15) is 5.56 Å². The normalized spacial score (nSPS) is 8.67. The standard InChI is InChI=1S/C7H5N3O2/c1-5(7(11)9-10-8)6-2-3-12-4-6/h2-4H,1H2. The maximum atomic E-state index is 10.9. The van der Waals surface area contributed by atoms with Gasteiger partial charge in [-0.15, -0.1) is 0 Å². The number of amides is 1. The van der Waals surface area contributed by atoms with E-state index >= 15 is 0 Å². The average molecular weight is 163 g/mol. The van der Waals surface area contributed by atoms with Crippen molar-refractivity contribution in [3.8, 4) is 0 Å². The third-order valence-corrected chi connectivity index (χ3v) is 1.26. The monoisotopic (exact) mass is 163 g/mol. The number of carbonyl (C=O) groups excluding carboxylic acids is 1. The van der Waals surface area contributed by atoms with Gasteiger partial charge in [0, 0.05) is 16.0 Å². The summed E-state index contributed by atoms with van der Waals surface area (Å²) in [4.78, 5) is 13.2. The Morgan fingerprint density at radius 3 is 3.00 bits per heavy atom. The van der Waals surface area contributed by atoms with Crippen molar-refractivity contribution in [2.24, 2.45) is 5.11 Å². The smallest absolute Gasteiger partial charge is 0.249 e. The molecule has 60 valence electrons. The van der Waals surface area contributed by atoms with E-state index in [1.807, 2.05) is 0 Å². The molecule has 12 heavy (non-hydrogen) atoms. The van der Waals surface area contributed by atoms with Crippen LogP contribution in [0.25, 0.3) is 16.0 Å². The van der Waals surface area contributed by atoms with Gasteiger partial charge in [-0.3, -0.25) is 4.79 Å². The van der Waals surface area contributed by atoms with E-state index in [0.717, 1.165) is 0 Å². The van der Waals surface area contributed by atoms with Gasteiger partial charge in [0.1, 0.15) is 0 Å². The quantitative estimate of drug-likeness (QED) is 0.289. The predicted molar refractivity (Wildman–Crippen MR) is 41.9 cm³/mol. The summed E-state index contributed by atoms with van der Waals surface area (Å²) < 4.78 is 4.72. The second-order valence-corrected chi connectivity index (χ2v) is 1.99. The number of azide groups is 1. The van der Waals surface area contributed by atoms with Gasteiger partial charge in [0.2, 0.25) is 5.91 Å². The second-order valence-electron chi connectivity index (χ2n) is 1.99. The fourth-order valence-corrected chi connectivity index (χ4v) is 0.661. The highest BCUT2D eigenvalue weighted by molar-refractivity contribution is 6.19. The molecule has 0 saturated heterocycles. The van der Waals surface area contributed by atoms with Crippen LogP contribution in [0.15, 0.2) is 34.7 Å². The van der Waals surface area contributed by atoms with Crippen molar-refractivity contribution in [1.29, 1.82) is 0 Å². The van der Waals surface area contributed by atoms with Crippen molar-refractivity contribution >= 4 is 11.5 Å². The molecule has 0 fully saturated rings. The summed E-state index contributed by atoms with van der Waals surface area (Å²) in [7, 11) is 0. The minimum Gasteiger partial charge on any atom is -0.472 e. The fraction of sp³-hybridized carbons (Fsp3) is 0. The first kappa shape index (κ1) is 8.10. The van der Waals surface area contributed by atoms with Gasteiger partial charge in [-0.25, -0.2) is 0 Å². The Labute approximate surface area is 67.9 Å². The van der Waals surface area contributed by atoms with Gasteiger partial charge in [-0.1, -0.05) is 6.58 Å². The lowest BCUT2D eigenvalue weighted by Gasteiger charge is -1.92. The van der Waals surface area contributed by atoms with Crippen LogP contribution in [-0.2, 0) is 4.79 Å². The van der Waals surface area contributed by atoms with E-state index < -0.39 is 5.91 Å². The van der Waals surface area contributed by atoms with E-state index in [9.17, 15) is 4.79 Å². The SMILES string of the molecule is C=C(C(=O)N=[N+]=[N-])c1ccoc1. The maximum absolute atomic E-state index is 10.9. The summed E-state index contributed by atoms with van der Waals surface area (Å²) in [6, 6.07) is 1.56. The molecule has 5 heteroatoms. The molecule has 0 aliphatic carbocycles. The first-order valence-corrected chi connectivity index (χ1v) is 3.06. The molecule has 0 radical (unpaired) electrons. The summed E-state index contributed by atoms with van der Waals surface area (Å²) >= 11 is 0. The third-order valence-electron chi connectivity index (χ3n) is 1.26. The van der Waals surface area contributed by atoms with Crippen molar-refractivity contribution < 1.29 is 9.21 Å². The molecule has 0 aliphatic heterocycles. The van der Waals surface area contributed by atoms with Crippen LogP contribution >= 0.6 is 0 Å². The van der Waals surface area contributed by atoms with Gasteiger partial charge in [-0.05, 0) is 16.7 Å². The molecule has 0 spiro atoms. The van der Waals surface area contributed by atoms with E-state index in [1.54, 1.807) is 6.07 Å². The average Bonchev–Trinajstić information content (AvgIpc) is 2.55. The van der Waals surface area contributed by atoms with Crippen LogP contribution in [0.4, 0.5) is 0 Å². The molecule has 1 rings (SSSR count). The Morgan fingerprint density at radius 2 is 2.50 bits per heavy atom. The Balaban J connectivity index is 2.86. The lowest BCUT2D eigenvalue weighted by molar-refractivity contribution is -0.112. The van der Waals surface area contributed by atoms with Crippen LogP contribution < -0.4 is 0 Å². The van der Waals surface area contributed by atoms with Crippen LogP contribution in [-0.4, -0.2) is 5.91 Å². The van der Waals surface area contributed by atoms with Gasteiger partial charge < -0.3 is 4.42 Å². The van der Waals surface area contributed by atoms with Crippen LogP contribution in [0, 0.1) is 0 Å². The minimum atomic E-state index is -0.695. The van der Waals surface area contributed by atoms with Crippen LogP contribution in [0.5, 0.6) is 0 Å². The molecule has 0 atom stereocenters. The first-order valence-electron chi connectivity index (χ1n) is 3.06. The van der Waals surface area contributed by atoms with Crippen molar-refractivity contribution in [3.63, 3.8) is 0 Å². The number of hydrogen-bond acceptors (Lipinski definition) is 2. The molecule has 0 saturated carbocycles. The molecule has 1 aromatic heterocycles. The predicted octanol–water partition coefficient (Wildman–Crippen LogP) is 2.13. The maximum Gasteiger partial charge on any atom is 0.249 e. The van der Waals surface area contributed by atoms with Crippen LogP contribution in [0.3, 0.4) is 0 Å². The molecule has 1 aromatic rings. The molecular formula is C7H5N3O2. The third kappa shape index (κ3) is 1.53. The largest absolute Gasteiger partial charge is 0.472 e. The number of hydrogen-bond donors (Lipinski definition) is 0. The molecular weight excluding hydrogens is 158 g/mol. The topological polar surface area (TPSA) is 79.0 Å². The molecule has 0 unspecified atom stereocenters. The number of carbonyl (C=O) groups is 1. The van der Waals surface area contributed by atoms with Gasteiger partial charge >= 0.3 is 0 Å². The van der Waals surface area contributed by atoms with Crippen molar-refractivity contribution in [3.05, 3.63) is 41.2 Å². The van der Waals surface area contributed by atoms with Gasteiger partial charge in [-0.2, -0.15) is 0 Å². The zero-order valence-electron chi connectivity index (χ0n) is 6.10. The minimum absolute atomic E-state index is 0.126. The lowest BCUT2D eigenvalue weighted by atomic mass is 10.1. The van der Waals surface area contributed by atoms with E-state index in [4.69, 9.17) is 9.95 Å². The zero-order valence-corrected chi connectivity index (χ0v) is 6.10. The molecule has 0 bridgehead atoms. The highest BCUT2D eigenvalue weighted by Crippen LogP contribution is 2.13. The summed E-state index contributed by atoms with van der Waals surface area (Å²) in [6.45, 7) is 3.44. The molecule has 5 nitrogen and oxygen atoms in total. The Hall–Kier alpha value is -2.00. The van der Waals surface area contributed by atoms with E-state index in [-0.39, 0.29) is 5.57 Å². The molecule has 0 aromatic carbocycles. The summed E-state index contributed by atoms with van der Waals surface area (Å²) in [5, 5.41) is 2.88. The molecule has 0 N–H and O–H groups in total. The van der Waals surface area contributed by atoms with Crippen LogP contribution in [0.2, 0.25) is 0 Å². The van der Waals surface area contributed by atoms with E-state index in [0.29, 0.717) is 5.56 Å². The molecule has 1 amide bonds. The highest BCUT2D eigenvalue weighted by atomic mass is 16.3. The van der Waals surface area contributed by atoms with Gasteiger partial charge in [0.25, 0.3) is 0 Å². The number of furan rings is 1. The second kappa shape index (κ2) is 3.41. The van der Waals surface area contributed by atoms with E-state index in [2.05, 4.69) is 16.6 Å². The Bertz CT molecular complexity index is 347. The van der Waals surface area contributed by atoms with Gasteiger partial charge in [0.15, 0.2) is 0 Å². The van der Waals surface area contributed by atoms with Crippen molar-refractivity contribution in [1.82, 2.24) is 0 Å². The van der Waals surface area contributed by atoms with Gasteiger partial charge in [0.05, 0.1) is 12.5 Å². The fourth-order valence-electron chi connectivity index (χ4n) is 0.661. The summed E-state index contributed by atoms with van der Waals surface area (Å²) in [5.41, 5.74) is 8.60. The number of nitrogens with zero attached hydrogens (tertiary/aromatic N) is 3. The number of rotatable bonds is 2. The van der Waals surface area contributed by atoms with Crippen molar-refractivity contribution in [2.75, 3.05) is 0 Å². The summed E-state index contributed by atoms with van der Waals surface area (Å²) in [5.74, 6) is -0.695. The molecule has 1 heterocycles. The zero-order chi connectivity index (χ0) is 8.97. The lowest BCUT2D eigenvalue weighted by Crippen LogP contribution is -1.93. The Kier molecular flexibility index (Phi) is 2.30. The van der Waals surface area contributed by atoms with E-state index in [1.165, 1.54) is 12.5 Å². The summed E-state index contributed by atoms with van der Waals surface area (Å²) in [6.07, 6.45) is 2.76.